The molecule has 7 heteroatoms. The first-order valence-corrected chi connectivity index (χ1v) is 2.00. The molecule has 0 rings (SSSR count). The molecule has 0 aromatic heterocycles. The Labute approximate surface area is 51.7 Å². The van der Waals surface area contributed by atoms with Crippen molar-refractivity contribution in [1.82, 2.24) is 6.15 Å². The normalized spacial score (nSPS) is 8.29. The fourth-order valence-corrected chi connectivity index (χ4v) is 0. The summed E-state index contributed by atoms with van der Waals surface area (Å²) in [5.41, 5.74) is 0. The van der Waals surface area contributed by atoms with Crippen LogP contribution in [0, 0.1) is 0 Å². The Balaban J connectivity index is -0.0000000800. The van der Waals surface area contributed by atoms with Crippen LogP contribution < -0.4 is 6.15 Å². The van der Waals surface area contributed by atoms with Crippen LogP contribution in [-0.4, -0.2) is 17.5 Å². The standard InChI is InChI=1S/Mn.H3N.H2O4S/c;;1-5(2,3)4/h;1H3;(H2,1,2,3,4)/q+3;;/p-2. The van der Waals surface area contributed by atoms with E-state index in [0.717, 1.165) is 0 Å². The second-order valence-electron chi connectivity index (χ2n) is 0.408. The van der Waals surface area contributed by atoms with Crippen molar-refractivity contribution in [3.05, 3.63) is 0 Å². The van der Waals surface area contributed by atoms with E-state index in [1.54, 1.807) is 0 Å². The van der Waals surface area contributed by atoms with Crippen molar-refractivity contribution in [2.24, 2.45) is 0 Å². The van der Waals surface area contributed by atoms with Crippen LogP contribution in [0.3, 0.4) is 0 Å². The molecular formula is H3MnNO4S+. The molecule has 0 aliphatic rings. The molecule has 3 N–H and O–H groups in total. The topological polar surface area (TPSA) is 115 Å². The molecule has 0 bridgehead atoms. The maximum Gasteiger partial charge on any atom is 3.00 e. The third-order valence-corrected chi connectivity index (χ3v) is 0. The van der Waals surface area contributed by atoms with Gasteiger partial charge in [0.15, 0.2) is 0 Å². The van der Waals surface area contributed by atoms with Crippen molar-refractivity contribution in [3.63, 3.8) is 0 Å². The molecule has 7 heavy (non-hydrogen) atoms. The van der Waals surface area contributed by atoms with E-state index < -0.39 is 10.4 Å². The van der Waals surface area contributed by atoms with Crippen molar-refractivity contribution in [3.8, 4) is 0 Å². The molecule has 44 valence electrons. The molecular weight excluding hydrogens is 165 g/mol. The van der Waals surface area contributed by atoms with Crippen LogP contribution in [0.15, 0.2) is 0 Å². The zero-order chi connectivity index (χ0) is 4.50. The van der Waals surface area contributed by atoms with Crippen molar-refractivity contribution >= 4 is 10.4 Å². The van der Waals surface area contributed by atoms with Crippen LogP contribution in [0.1, 0.15) is 0 Å². The minimum absolute atomic E-state index is 0. The first-order valence-electron chi connectivity index (χ1n) is 0.667. The second-order valence-corrected chi connectivity index (χ2v) is 1.22. The Morgan fingerprint density at radius 2 is 1.14 bits per heavy atom. The van der Waals surface area contributed by atoms with E-state index in [1.807, 2.05) is 0 Å². The van der Waals surface area contributed by atoms with Crippen molar-refractivity contribution in [2.75, 3.05) is 0 Å². The van der Waals surface area contributed by atoms with Gasteiger partial charge in [-0.15, -0.1) is 0 Å². The summed E-state index contributed by atoms with van der Waals surface area (Å²) in [6.07, 6.45) is 0. The van der Waals surface area contributed by atoms with Gasteiger partial charge in [-0.1, -0.05) is 0 Å². The molecule has 0 heterocycles. The summed E-state index contributed by atoms with van der Waals surface area (Å²) in [6.45, 7) is 0. The molecule has 0 aliphatic heterocycles. The van der Waals surface area contributed by atoms with Gasteiger partial charge >= 0.3 is 17.1 Å². The minimum Gasteiger partial charge on any atom is -0.759 e. The third kappa shape index (κ3) is 983. The molecule has 0 aliphatic carbocycles. The van der Waals surface area contributed by atoms with E-state index in [4.69, 9.17) is 17.5 Å². The summed E-state index contributed by atoms with van der Waals surface area (Å²) in [6, 6.07) is 0. The second kappa shape index (κ2) is 4.51. The summed E-state index contributed by atoms with van der Waals surface area (Å²) in [4.78, 5) is 0. The van der Waals surface area contributed by atoms with Gasteiger partial charge < -0.3 is 15.3 Å². The number of hydrogen-bond acceptors (Lipinski definition) is 5. The quantitative estimate of drug-likeness (QED) is 0.277. The average Bonchev–Trinajstić information content (AvgIpc) is 0.722. The number of rotatable bonds is 0. The van der Waals surface area contributed by atoms with Gasteiger partial charge in [0.2, 0.25) is 0 Å². The van der Waals surface area contributed by atoms with Gasteiger partial charge in [-0.2, -0.15) is 0 Å². The zero-order valence-electron chi connectivity index (χ0n) is 3.13. The van der Waals surface area contributed by atoms with Crippen LogP contribution in [0.4, 0.5) is 0 Å². The van der Waals surface area contributed by atoms with E-state index in [9.17, 15) is 0 Å². The molecule has 0 saturated carbocycles. The van der Waals surface area contributed by atoms with E-state index in [-0.39, 0.29) is 23.2 Å². The molecule has 0 unspecified atom stereocenters. The minimum atomic E-state index is -5.17. The Morgan fingerprint density at radius 1 is 1.14 bits per heavy atom. The van der Waals surface area contributed by atoms with Crippen molar-refractivity contribution in [2.45, 2.75) is 0 Å². The molecule has 0 atom stereocenters. The van der Waals surface area contributed by atoms with Crippen molar-refractivity contribution < 1.29 is 34.6 Å². The SMILES string of the molecule is N.O=S(=O)([O-])[O-].[Mn+3]. The van der Waals surface area contributed by atoms with Crippen LogP contribution in [0.5, 0.6) is 0 Å². The van der Waals surface area contributed by atoms with Gasteiger partial charge in [0.1, 0.15) is 0 Å². The Hall–Kier alpha value is 0.349. The van der Waals surface area contributed by atoms with Gasteiger partial charge in [0, 0.05) is 10.4 Å². The van der Waals surface area contributed by atoms with Crippen LogP contribution >= 0.6 is 0 Å². The smallest absolute Gasteiger partial charge is 0.759 e. The summed E-state index contributed by atoms with van der Waals surface area (Å²) in [5, 5.41) is 0. The molecule has 0 amide bonds. The fraction of sp³-hybridized carbons (Fsp3) is 0. The molecule has 0 spiro atoms. The maximum absolute atomic E-state index is 8.52. The van der Waals surface area contributed by atoms with E-state index in [0.29, 0.717) is 0 Å². The summed E-state index contributed by atoms with van der Waals surface area (Å²) >= 11 is 0. The molecule has 5 nitrogen and oxygen atoms in total. The fourth-order valence-electron chi connectivity index (χ4n) is 0. The first kappa shape index (κ1) is 15.7. The summed E-state index contributed by atoms with van der Waals surface area (Å²) in [5.74, 6) is 0. The van der Waals surface area contributed by atoms with Gasteiger partial charge in [-0.25, -0.2) is 0 Å². The predicted octanol–water partition coefficient (Wildman–Crippen LogP) is -1.18. The zero-order valence-corrected chi connectivity index (χ0v) is 5.12. The van der Waals surface area contributed by atoms with Gasteiger partial charge in [-0.05, 0) is 0 Å². The molecule has 0 saturated heterocycles. The van der Waals surface area contributed by atoms with Crippen molar-refractivity contribution in [1.29, 1.82) is 0 Å². The van der Waals surface area contributed by atoms with Gasteiger partial charge in [0.05, 0.1) is 0 Å². The summed E-state index contributed by atoms with van der Waals surface area (Å²) in [7, 11) is -5.17. The Bertz CT molecular complexity index is 94.9. The molecule has 0 aromatic rings. The molecule has 0 aromatic carbocycles. The largest absolute Gasteiger partial charge is 3.00 e. The van der Waals surface area contributed by atoms with Crippen LogP contribution in [0.25, 0.3) is 0 Å². The first-order chi connectivity index (χ1) is 2.00. The van der Waals surface area contributed by atoms with E-state index in [1.165, 1.54) is 0 Å². The maximum atomic E-state index is 8.52. The molecule has 0 radical (unpaired) electrons. The van der Waals surface area contributed by atoms with Crippen LogP contribution in [-0.2, 0) is 27.5 Å². The Morgan fingerprint density at radius 3 is 1.14 bits per heavy atom. The predicted molar refractivity (Wildman–Crippen MR) is 15.5 cm³/mol. The average molecular weight is 168 g/mol. The van der Waals surface area contributed by atoms with E-state index >= 15 is 0 Å². The van der Waals surface area contributed by atoms with Gasteiger partial charge in [-0.3, -0.25) is 8.42 Å². The van der Waals surface area contributed by atoms with Gasteiger partial charge in [0.25, 0.3) is 0 Å². The Kier molecular flexibility index (Phi) is 10.1. The third-order valence-electron chi connectivity index (χ3n) is 0. The van der Waals surface area contributed by atoms with E-state index in [2.05, 4.69) is 0 Å². The summed E-state index contributed by atoms with van der Waals surface area (Å²) < 4.78 is 34.1. The van der Waals surface area contributed by atoms with Crippen LogP contribution in [0.2, 0.25) is 0 Å². The molecule has 0 fully saturated rings. The number of hydrogen-bond donors (Lipinski definition) is 1. The monoisotopic (exact) mass is 168 g/mol.